The predicted molar refractivity (Wildman–Crippen MR) is 153 cm³/mol. The smallest absolute Gasteiger partial charge is 0.254 e. The molecule has 39 heavy (non-hydrogen) atoms. The van der Waals surface area contributed by atoms with Crippen molar-refractivity contribution < 1.29 is 27.4 Å². The fourth-order valence-electron chi connectivity index (χ4n) is 4.75. The van der Waals surface area contributed by atoms with E-state index in [4.69, 9.17) is 14.2 Å². The lowest BCUT2D eigenvalue weighted by Crippen LogP contribution is -2.43. The maximum Gasteiger partial charge on any atom is 0.254 e. The van der Waals surface area contributed by atoms with E-state index in [1.807, 2.05) is 49.1 Å². The number of benzene rings is 2. The fourth-order valence-corrected chi connectivity index (χ4v) is 5.96. The molecule has 1 amide bonds. The van der Waals surface area contributed by atoms with Gasteiger partial charge in [-0.05, 0) is 62.9 Å². The first kappa shape index (κ1) is 30.9. The molecule has 2 aromatic carbocycles. The normalized spacial score (nSPS) is 18.2. The van der Waals surface area contributed by atoms with E-state index in [1.54, 1.807) is 39.3 Å². The molecular formula is C29H43N3O6S. The molecule has 2 N–H and O–H groups in total. The van der Waals surface area contributed by atoms with Crippen molar-refractivity contribution in [2.45, 2.75) is 38.5 Å². The van der Waals surface area contributed by atoms with Crippen LogP contribution in [-0.4, -0.2) is 78.9 Å². The largest absolute Gasteiger partial charge is 0.493 e. The van der Waals surface area contributed by atoms with Crippen LogP contribution >= 0.6 is 0 Å². The fraction of sp³-hybridized carbons (Fsp3) is 0.552. The highest BCUT2D eigenvalue weighted by Gasteiger charge is 2.33. The lowest BCUT2D eigenvalue weighted by Gasteiger charge is -2.32. The van der Waals surface area contributed by atoms with Crippen LogP contribution in [0.5, 0.6) is 11.5 Å². The van der Waals surface area contributed by atoms with Gasteiger partial charge in [0.05, 0.1) is 19.0 Å². The third-order valence-electron chi connectivity index (χ3n) is 7.24. The molecule has 0 radical (unpaired) electrons. The summed E-state index contributed by atoms with van der Waals surface area (Å²) >= 11 is 0. The van der Waals surface area contributed by atoms with Gasteiger partial charge in [0, 0.05) is 51.4 Å². The number of rotatable bonds is 15. The number of sulfonamides is 1. The van der Waals surface area contributed by atoms with Crippen LogP contribution in [0, 0.1) is 11.8 Å². The summed E-state index contributed by atoms with van der Waals surface area (Å²) in [6.07, 6.45) is 0.722. The van der Waals surface area contributed by atoms with Crippen molar-refractivity contribution in [3.8, 4) is 11.5 Å². The van der Waals surface area contributed by atoms with Gasteiger partial charge in [-0.25, -0.2) is 13.1 Å². The van der Waals surface area contributed by atoms with Crippen molar-refractivity contribution >= 4 is 15.9 Å². The Morgan fingerprint density at radius 3 is 2.41 bits per heavy atom. The summed E-state index contributed by atoms with van der Waals surface area (Å²) in [5.74, 6) is 1.16. The lowest BCUT2D eigenvalue weighted by molar-refractivity contribution is 0.0662. The van der Waals surface area contributed by atoms with Gasteiger partial charge in [0.1, 0.15) is 0 Å². The Balaban J connectivity index is 1.67. The van der Waals surface area contributed by atoms with E-state index in [0.717, 1.165) is 12.0 Å². The Hall–Kier alpha value is -2.66. The van der Waals surface area contributed by atoms with E-state index in [0.29, 0.717) is 56.5 Å². The summed E-state index contributed by atoms with van der Waals surface area (Å²) < 4.78 is 45.2. The summed E-state index contributed by atoms with van der Waals surface area (Å²) in [6.45, 7) is 8.95. The standard InChI is InChI=1S/C29H43N3O6S/c1-21(2)32(29(33)24-12-13-27(37-5)28(16-24)38-15-9-14-36-4)20-26-18-30-17-25(26)19-31-39(34,35)22(3)23-10-7-6-8-11-23/h6-8,10-13,16,21-22,25-26,30-31H,9,14-15,17-20H2,1-5H3/t22?,25-,26+/m1/s1. The molecule has 1 fully saturated rings. The van der Waals surface area contributed by atoms with Gasteiger partial charge in [0.25, 0.3) is 5.91 Å². The minimum absolute atomic E-state index is 0.0401. The van der Waals surface area contributed by atoms with E-state index in [9.17, 15) is 13.2 Å². The Morgan fingerprint density at radius 1 is 1.03 bits per heavy atom. The lowest BCUT2D eigenvalue weighted by atomic mass is 9.95. The van der Waals surface area contributed by atoms with Gasteiger partial charge < -0.3 is 24.4 Å². The number of nitrogens with zero attached hydrogens (tertiary/aromatic N) is 1. The summed E-state index contributed by atoms with van der Waals surface area (Å²) in [7, 11) is -0.329. The zero-order valence-electron chi connectivity index (χ0n) is 23.7. The Bertz CT molecular complexity index is 1160. The van der Waals surface area contributed by atoms with Crippen LogP contribution < -0.4 is 19.5 Å². The number of nitrogens with one attached hydrogen (secondary N) is 2. The molecule has 0 aromatic heterocycles. The first-order valence-electron chi connectivity index (χ1n) is 13.5. The Kier molecular flexibility index (Phi) is 11.6. The molecule has 1 aliphatic heterocycles. The molecule has 0 bridgehead atoms. The highest BCUT2D eigenvalue weighted by atomic mass is 32.2. The summed E-state index contributed by atoms with van der Waals surface area (Å²) in [6, 6.07) is 14.4. The highest BCUT2D eigenvalue weighted by molar-refractivity contribution is 7.89. The molecule has 1 saturated heterocycles. The molecule has 1 unspecified atom stereocenters. The zero-order chi connectivity index (χ0) is 28.4. The van der Waals surface area contributed by atoms with Crippen molar-refractivity contribution in [1.29, 1.82) is 0 Å². The van der Waals surface area contributed by atoms with Gasteiger partial charge in [-0.2, -0.15) is 0 Å². The maximum absolute atomic E-state index is 13.6. The maximum atomic E-state index is 13.6. The average molecular weight is 562 g/mol. The molecule has 10 heteroatoms. The minimum atomic E-state index is -3.54. The van der Waals surface area contributed by atoms with Crippen LogP contribution in [0.1, 0.15) is 48.4 Å². The van der Waals surface area contributed by atoms with Crippen LogP contribution in [0.4, 0.5) is 0 Å². The molecule has 0 saturated carbocycles. The summed E-state index contributed by atoms with van der Waals surface area (Å²) in [5.41, 5.74) is 1.27. The number of ether oxygens (including phenoxy) is 3. The average Bonchev–Trinajstić information content (AvgIpc) is 3.39. The quantitative estimate of drug-likeness (QED) is 0.321. The molecule has 216 valence electrons. The van der Waals surface area contributed by atoms with Crippen LogP contribution in [0.3, 0.4) is 0 Å². The topological polar surface area (TPSA) is 106 Å². The molecule has 3 atom stereocenters. The van der Waals surface area contributed by atoms with Crippen LogP contribution in [0.25, 0.3) is 0 Å². The number of amides is 1. The third kappa shape index (κ3) is 8.41. The first-order valence-corrected chi connectivity index (χ1v) is 15.1. The number of methoxy groups -OCH3 is 2. The molecule has 0 spiro atoms. The van der Waals surface area contributed by atoms with Crippen molar-refractivity contribution in [2.24, 2.45) is 11.8 Å². The van der Waals surface area contributed by atoms with Crippen LogP contribution in [-0.2, 0) is 14.8 Å². The number of hydrogen-bond donors (Lipinski definition) is 2. The van der Waals surface area contributed by atoms with Crippen LogP contribution in [0.2, 0.25) is 0 Å². The molecule has 3 rings (SSSR count). The SMILES string of the molecule is COCCCOc1cc(C(=O)N(C[C@@H]2CNC[C@@H]2CNS(=O)(=O)C(C)c2ccccc2)C(C)C)ccc1OC. The third-order valence-corrected chi connectivity index (χ3v) is 9.01. The molecule has 9 nitrogen and oxygen atoms in total. The minimum Gasteiger partial charge on any atom is -0.493 e. The summed E-state index contributed by atoms with van der Waals surface area (Å²) in [4.78, 5) is 15.5. The van der Waals surface area contributed by atoms with E-state index < -0.39 is 15.3 Å². The molecular weight excluding hydrogens is 518 g/mol. The molecule has 0 aliphatic carbocycles. The number of carbonyl (C=O) groups is 1. The number of carbonyl (C=O) groups excluding carboxylic acids is 1. The summed E-state index contributed by atoms with van der Waals surface area (Å²) in [5, 5.41) is 2.73. The second-order valence-electron chi connectivity index (χ2n) is 10.2. The van der Waals surface area contributed by atoms with Gasteiger partial charge in [-0.1, -0.05) is 30.3 Å². The van der Waals surface area contributed by atoms with Crippen molar-refractivity contribution in [1.82, 2.24) is 14.9 Å². The van der Waals surface area contributed by atoms with Gasteiger partial charge in [0.15, 0.2) is 11.5 Å². The van der Waals surface area contributed by atoms with E-state index in [1.165, 1.54) is 0 Å². The van der Waals surface area contributed by atoms with Crippen LogP contribution in [0.15, 0.2) is 48.5 Å². The Morgan fingerprint density at radius 2 is 1.74 bits per heavy atom. The van der Waals surface area contributed by atoms with E-state index in [-0.39, 0.29) is 23.8 Å². The predicted octanol–water partition coefficient (Wildman–Crippen LogP) is 3.48. The van der Waals surface area contributed by atoms with E-state index in [2.05, 4.69) is 10.0 Å². The Labute approximate surface area is 233 Å². The van der Waals surface area contributed by atoms with Crippen molar-refractivity contribution in [3.63, 3.8) is 0 Å². The van der Waals surface area contributed by atoms with E-state index >= 15 is 0 Å². The second kappa shape index (κ2) is 14.6. The highest BCUT2D eigenvalue weighted by Crippen LogP contribution is 2.30. The van der Waals surface area contributed by atoms with Gasteiger partial charge in [-0.15, -0.1) is 0 Å². The molecule has 1 aliphatic rings. The van der Waals surface area contributed by atoms with Gasteiger partial charge in [-0.3, -0.25) is 4.79 Å². The monoisotopic (exact) mass is 561 g/mol. The molecule has 1 heterocycles. The van der Waals surface area contributed by atoms with Crippen molar-refractivity contribution in [3.05, 3.63) is 59.7 Å². The van der Waals surface area contributed by atoms with Gasteiger partial charge >= 0.3 is 0 Å². The molecule has 2 aromatic rings. The van der Waals surface area contributed by atoms with Gasteiger partial charge in [0.2, 0.25) is 10.0 Å². The second-order valence-corrected chi connectivity index (χ2v) is 12.3. The van der Waals surface area contributed by atoms with Crippen molar-refractivity contribution in [2.75, 3.05) is 53.6 Å². The first-order chi connectivity index (χ1) is 18.7. The zero-order valence-corrected chi connectivity index (χ0v) is 24.5. The number of hydrogen-bond acceptors (Lipinski definition) is 7.